The predicted molar refractivity (Wildman–Crippen MR) is 34.2 cm³/mol. The van der Waals surface area contributed by atoms with Crippen LogP contribution in [0, 0.1) is 0 Å². The Kier molecular flexibility index (Phi) is 2.09. The molecule has 0 aromatic carbocycles. The molecule has 0 unspecified atom stereocenters. The molecule has 0 amide bonds. The normalized spacial score (nSPS) is 8.50. The predicted octanol–water partition coefficient (Wildman–Crippen LogP) is 0.514. The van der Waals surface area contributed by atoms with Crippen molar-refractivity contribution in [2.45, 2.75) is 0 Å². The molecule has 5 nitrogen and oxygen atoms in total. The molecule has 0 fully saturated rings. The second kappa shape index (κ2) is 3.05. The Morgan fingerprint density at radius 1 is 1.80 bits per heavy atom. The molecule has 1 rings (SSSR count). The topological polar surface area (TPSA) is 64.4 Å². The zero-order valence-corrected chi connectivity index (χ0v) is 5.88. The summed E-state index contributed by atoms with van der Waals surface area (Å²) in [6.45, 7) is 0. The van der Waals surface area contributed by atoms with Gasteiger partial charge in [0.05, 0.1) is 7.11 Å². The number of nitrogens with zero attached hydrogens (tertiary/aromatic N) is 3. The average molecular weight is 157 g/mol. The van der Waals surface area contributed by atoms with Gasteiger partial charge in [0.15, 0.2) is 0 Å². The maximum Gasteiger partial charge on any atom is 0.294 e. The van der Waals surface area contributed by atoms with Crippen LogP contribution in [0.1, 0.15) is 0 Å². The first kappa shape index (κ1) is 6.85. The number of hydrogen-bond donors (Lipinski definition) is 0. The van der Waals surface area contributed by atoms with Gasteiger partial charge in [-0.15, -0.1) is 9.37 Å². The van der Waals surface area contributed by atoms with Crippen molar-refractivity contribution in [2.75, 3.05) is 7.11 Å². The quantitative estimate of drug-likeness (QED) is 0.463. The molecule has 0 aliphatic carbocycles. The van der Waals surface area contributed by atoms with Gasteiger partial charge in [-0.25, -0.2) is 4.79 Å². The molecule has 0 bridgehead atoms. The van der Waals surface area contributed by atoms with Crippen molar-refractivity contribution < 1.29 is 9.53 Å². The van der Waals surface area contributed by atoms with Gasteiger partial charge < -0.3 is 4.74 Å². The summed E-state index contributed by atoms with van der Waals surface area (Å²) in [5.41, 5.74) is 0. The van der Waals surface area contributed by atoms with E-state index in [9.17, 15) is 4.79 Å². The highest BCUT2D eigenvalue weighted by molar-refractivity contribution is 7.07. The standard InChI is InChI=1S/C4H3N3O2S/c1-9-4-6-3(5-2-8)7-10-4/h1H3. The molecule has 10 heavy (non-hydrogen) atoms. The maximum atomic E-state index is 9.66. The minimum atomic E-state index is 0.0943. The largest absolute Gasteiger partial charge is 0.472 e. The van der Waals surface area contributed by atoms with Crippen molar-refractivity contribution >= 4 is 23.6 Å². The monoisotopic (exact) mass is 157 g/mol. The van der Waals surface area contributed by atoms with Crippen LogP contribution >= 0.6 is 11.5 Å². The Balaban J connectivity index is 2.87. The Morgan fingerprint density at radius 3 is 3.10 bits per heavy atom. The van der Waals surface area contributed by atoms with Crippen molar-refractivity contribution in [3.05, 3.63) is 0 Å². The van der Waals surface area contributed by atoms with Crippen molar-refractivity contribution in [1.29, 1.82) is 0 Å². The van der Waals surface area contributed by atoms with Gasteiger partial charge in [-0.05, 0) is 0 Å². The van der Waals surface area contributed by atoms with Gasteiger partial charge in [0.1, 0.15) is 0 Å². The summed E-state index contributed by atoms with van der Waals surface area (Å²) < 4.78 is 8.35. The SMILES string of the molecule is COc1nc(N=C=O)ns1. The van der Waals surface area contributed by atoms with E-state index in [0.29, 0.717) is 5.19 Å². The van der Waals surface area contributed by atoms with Crippen molar-refractivity contribution in [3.63, 3.8) is 0 Å². The molecule has 1 aromatic rings. The molecule has 0 spiro atoms. The fraction of sp³-hybridized carbons (Fsp3) is 0.250. The Bertz CT molecular complexity index is 265. The van der Waals surface area contributed by atoms with Crippen molar-refractivity contribution in [1.82, 2.24) is 9.36 Å². The number of hydrogen-bond acceptors (Lipinski definition) is 6. The van der Waals surface area contributed by atoms with E-state index in [4.69, 9.17) is 4.74 Å². The third-order valence-corrected chi connectivity index (χ3v) is 1.39. The van der Waals surface area contributed by atoms with Gasteiger partial charge in [-0.3, -0.25) is 0 Å². The summed E-state index contributed by atoms with van der Waals surface area (Å²) in [5, 5.41) is 0.383. The third-order valence-electron chi connectivity index (χ3n) is 0.717. The second-order valence-electron chi connectivity index (χ2n) is 1.27. The Morgan fingerprint density at radius 2 is 2.60 bits per heavy atom. The lowest BCUT2D eigenvalue weighted by molar-refractivity contribution is 0.412. The number of ether oxygens (including phenoxy) is 1. The Labute approximate surface area is 60.6 Å². The van der Waals surface area contributed by atoms with Crippen LogP contribution in [0.25, 0.3) is 0 Å². The first-order valence-electron chi connectivity index (χ1n) is 2.32. The molecule has 0 N–H and O–H groups in total. The van der Waals surface area contributed by atoms with E-state index in [2.05, 4.69) is 14.3 Å². The van der Waals surface area contributed by atoms with E-state index in [1.165, 1.54) is 13.2 Å². The zero-order valence-electron chi connectivity index (χ0n) is 5.07. The molecule has 6 heteroatoms. The average Bonchev–Trinajstić information content (AvgIpc) is 2.37. The molecule has 0 saturated heterocycles. The fourth-order valence-corrected chi connectivity index (χ4v) is 0.810. The number of isocyanates is 1. The molecular formula is C4H3N3O2S. The van der Waals surface area contributed by atoms with Gasteiger partial charge in [0, 0.05) is 11.5 Å². The molecule has 1 aromatic heterocycles. The fourth-order valence-electron chi connectivity index (χ4n) is 0.371. The highest BCUT2D eigenvalue weighted by Gasteiger charge is 1.99. The molecule has 0 aliphatic heterocycles. The van der Waals surface area contributed by atoms with Crippen LogP contribution in [-0.4, -0.2) is 22.5 Å². The highest BCUT2D eigenvalue weighted by Crippen LogP contribution is 2.17. The van der Waals surface area contributed by atoms with E-state index in [-0.39, 0.29) is 5.95 Å². The van der Waals surface area contributed by atoms with Crippen LogP contribution in [0.2, 0.25) is 0 Å². The lowest BCUT2D eigenvalue weighted by Gasteiger charge is -1.83. The van der Waals surface area contributed by atoms with Crippen LogP contribution in [0.3, 0.4) is 0 Å². The summed E-state index contributed by atoms with van der Waals surface area (Å²) in [5.74, 6) is 0.0943. The first-order chi connectivity index (χ1) is 4.86. The number of methoxy groups -OCH3 is 1. The first-order valence-corrected chi connectivity index (χ1v) is 3.09. The molecule has 1 heterocycles. The van der Waals surface area contributed by atoms with Gasteiger partial charge in [-0.1, -0.05) is 0 Å². The molecular weight excluding hydrogens is 154 g/mol. The van der Waals surface area contributed by atoms with E-state index in [1.807, 2.05) is 0 Å². The number of aliphatic imine (C=N–C) groups is 1. The van der Waals surface area contributed by atoms with Gasteiger partial charge >= 0.3 is 0 Å². The summed E-state index contributed by atoms with van der Waals surface area (Å²) in [7, 11) is 1.47. The number of aromatic nitrogens is 2. The van der Waals surface area contributed by atoms with Crippen molar-refractivity contribution in [3.8, 4) is 5.19 Å². The minimum absolute atomic E-state index is 0.0943. The van der Waals surface area contributed by atoms with E-state index in [0.717, 1.165) is 11.5 Å². The molecule has 52 valence electrons. The lowest BCUT2D eigenvalue weighted by atomic mass is 11.0. The van der Waals surface area contributed by atoms with Crippen molar-refractivity contribution in [2.24, 2.45) is 4.99 Å². The van der Waals surface area contributed by atoms with Gasteiger partial charge in [-0.2, -0.15) is 4.98 Å². The molecule has 0 saturated carbocycles. The molecule has 0 radical (unpaired) electrons. The van der Waals surface area contributed by atoms with Crippen LogP contribution in [0.15, 0.2) is 4.99 Å². The summed E-state index contributed by atoms with van der Waals surface area (Å²) in [4.78, 5) is 16.5. The Hall–Kier alpha value is -1.26. The summed E-state index contributed by atoms with van der Waals surface area (Å²) in [6, 6.07) is 0. The van der Waals surface area contributed by atoms with Gasteiger partial charge in [0.2, 0.25) is 6.08 Å². The minimum Gasteiger partial charge on any atom is -0.472 e. The smallest absolute Gasteiger partial charge is 0.294 e. The van der Waals surface area contributed by atoms with Crippen LogP contribution in [0.4, 0.5) is 5.95 Å². The third kappa shape index (κ3) is 1.37. The van der Waals surface area contributed by atoms with Crippen LogP contribution in [-0.2, 0) is 4.79 Å². The summed E-state index contributed by atoms with van der Waals surface area (Å²) in [6.07, 6.45) is 1.32. The number of carbonyl (C=O) groups excluding carboxylic acids is 1. The van der Waals surface area contributed by atoms with E-state index >= 15 is 0 Å². The number of rotatable bonds is 2. The van der Waals surface area contributed by atoms with Crippen LogP contribution < -0.4 is 4.74 Å². The zero-order chi connectivity index (χ0) is 7.40. The molecule has 0 atom stereocenters. The molecule has 0 aliphatic rings. The second-order valence-corrected chi connectivity index (χ2v) is 1.98. The summed E-state index contributed by atoms with van der Waals surface area (Å²) >= 11 is 1.03. The maximum absolute atomic E-state index is 9.66. The van der Waals surface area contributed by atoms with E-state index < -0.39 is 0 Å². The highest BCUT2D eigenvalue weighted by atomic mass is 32.1. The lowest BCUT2D eigenvalue weighted by Crippen LogP contribution is -1.77. The van der Waals surface area contributed by atoms with Crippen LogP contribution in [0.5, 0.6) is 5.19 Å². The van der Waals surface area contributed by atoms with Gasteiger partial charge in [0.25, 0.3) is 11.1 Å². The van der Waals surface area contributed by atoms with E-state index in [1.54, 1.807) is 0 Å².